The summed E-state index contributed by atoms with van der Waals surface area (Å²) in [5.74, 6) is 1.30. The van der Waals surface area contributed by atoms with Crippen molar-refractivity contribution in [3.63, 3.8) is 0 Å². The number of anilines is 2. The van der Waals surface area contributed by atoms with Gasteiger partial charge in [0.1, 0.15) is 5.82 Å². The lowest BCUT2D eigenvalue weighted by atomic mass is 10.1. The molecule has 1 rings (SSSR count). The van der Waals surface area contributed by atoms with Crippen LogP contribution in [0.1, 0.15) is 45.7 Å². The highest BCUT2D eigenvalue weighted by Crippen LogP contribution is 2.27. The molecule has 3 N–H and O–H groups in total. The van der Waals surface area contributed by atoms with Crippen LogP contribution < -0.4 is 11.1 Å². The molecule has 0 fully saturated rings. The van der Waals surface area contributed by atoms with E-state index in [2.05, 4.69) is 50.1 Å². The Morgan fingerprint density at radius 3 is 2.42 bits per heavy atom. The zero-order valence-electron chi connectivity index (χ0n) is 13.2. The van der Waals surface area contributed by atoms with E-state index in [0.717, 1.165) is 36.7 Å². The summed E-state index contributed by atoms with van der Waals surface area (Å²) in [6.45, 7) is 10.6. The molecule has 0 bridgehead atoms. The number of hydrogen-bond acceptors (Lipinski definition) is 4. The van der Waals surface area contributed by atoms with E-state index in [0.29, 0.717) is 12.0 Å². The largest absolute Gasteiger partial charge is 0.394 e. The number of aromatic nitrogens is 2. The molecular weight excluding hydrogens is 238 g/mol. The Bertz CT molecular complexity index is 395. The third-order valence-electron chi connectivity index (χ3n) is 3.52. The van der Waals surface area contributed by atoms with Gasteiger partial charge in [-0.05, 0) is 39.8 Å². The smallest absolute Gasteiger partial charge is 0.147 e. The van der Waals surface area contributed by atoms with Crippen molar-refractivity contribution in [1.29, 1.82) is 0 Å². The average molecular weight is 267 g/mol. The maximum Gasteiger partial charge on any atom is 0.147 e. The van der Waals surface area contributed by atoms with Crippen LogP contribution in [0.15, 0.2) is 0 Å². The molecule has 0 atom stereocenters. The third kappa shape index (κ3) is 4.13. The Morgan fingerprint density at radius 2 is 1.95 bits per heavy atom. The predicted molar refractivity (Wildman–Crippen MR) is 82.6 cm³/mol. The lowest BCUT2D eigenvalue weighted by molar-refractivity contribution is 0.273. The summed E-state index contributed by atoms with van der Waals surface area (Å²) in [7, 11) is 4.09. The van der Waals surface area contributed by atoms with Gasteiger partial charge in [0.25, 0.3) is 0 Å². The second-order valence-electron chi connectivity index (χ2n) is 5.78. The Hall–Kier alpha value is -1.23. The van der Waals surface area contributed by atoms with E-state index >= 15 is 0 Å². The Morgan fingerprint density at radius 1 is 1.32 bits per heavy atom. The number of hydrogen-bond donors (Lipinski definition) is 2. The summed E-state index contributed by atoms with van der Waals surface area (Å²) in [6.07, 6.45) is 1.09. The second kappa shape index (κ2) is 6.80. The Kier molecular flexibility index (Phi) is 5.66. The van der Waals surface area contributed by atoms with Crippen LogP contribution in [-0.4, -0.2) is 40.9 Å². The maximum absolute atomic E-state index is 6.14. The average Bonchev–Trinajstić information content (AvgIpc) is 2.61. The van der Waals surface area contributed by atoms with E-state index in [1.54, 1.807) is 0 Å². The van der Waals surface area contributed by atoms with Crippen molar-refractivity contribution in [2.24, 2.45) is 7.05 Å². The zero-order valence-corrected chi connectivity index (χ0v) is 13.2. The van der Waals surface area contributed by atoms with E-state index < -0.39 is 0 Å². The first-order valence-corrected chi connectivity index (χ1v) is 7.11. The van der Waals surface area contributed by atoms with Crippen molar-refractivity contribution in [2.45, 2.75) is 46.1 Å². The maximum atomic E-state index is 6.14. The summed E-state index contributed by atoms with van der Waals surface area (Å²) in [5, 5.41) is 7.87. The molecule has 0 amide bonds. The number of rotatable bonds is 7. The van der Waals surface area contributed by atoms with Crippen LogP contribution in [0, 0.1) is 0 Å². The molecule has 0 saturated heterocycles. The number of nitrogen functional groups attached to an aromatic ring is 1. The molecule has 1 aromatic heterocycles. The number of nitrogens with two attached hydrogens (primary N) is 1. The first-order valence-electron chi connectivity index (χ1n) is 7.11. The van der Waals surface area contributed by atoms with E-state index in [-0.39, 0.29) is 0 Å². The lowest BCUT2D eigenvalue weighted by Crippen LogP contribution is -2.28. The summed E-state index contributed by atoms with van der Waals surface area (Å²) in [4.78, 5) is 2.34. The molecule has 0 radical (unpaired) electrons. The van der Waals surface area contributed by atoms with Gasteiger partial charge in [-0.15, -0.1) is 0 Å². The van der Waals surface area contributed by atoms with Gasteiger partial charge >= 0.3 is 0 Å². The van der Waals surface area contributed by atoms with Crippen molar-refractivity contribution in [3.8, 4) is 0 Å². The monoisotopic (exact) mass is 267 g/mol. The lowest BCUT2D eigenvalue weighted by Gasteiger charge is -2.20. The number of aryl methyl sites for hydroxylation is 1. The predicted octanol–water partition coefficient (Wildman–Crippen LogP) is 2.27. The summed E-state index contributed by atoms with van der Waals surface area (Å²) >= 11 is 0. The van der Waals surface area contributed by atoms with Gasteiger partial charge in [0.05, 0.1) is 11.4 Å². The minimum Gasteiger partial charge on any atom is -0.394 e. The molecule has 0 aliphatic rings. The number of nitrogens with zero attached hydrogens (tertiary/aromatic N) is 3. The summed E-state index contributed by atoms with van der Waals surface area (Å²) < 4.78 is 1.84. The van der Waals surface area contributed by atoms with Crippen molar-refractivity contribution in [2.75, 3.05) is 31.2 Å². The van der Waals surface area contributed by atoms with Crippen LogP contribution in [-0.2, 0) is 7.05 Å². The van der Waals surface area contributed by atoms with Gasteiger partial charge in [-0.1, -0.05) is 13.8 Å². The molecule has 110 valence electrons. The highest BCUT2D eigenvalue weighted by atomic mass is 15.3. The molecule has 0 aliphatic heterocycles. The highest BCUT2D eigenvalue weighted by molar-refractivity contribution is 5.65. The molecule has 1 aromatic rings. The van der Waals surface area contributed by atoms with E-state index in [1.165, 1.54) is 0 Å². The fourth-order valence-corrected chi connectivity index (χ4v) is 1.99. The van der Waals surface area contributed by atoms with E-state index in [1.807, 2.05) is 11.7 Å². The highest BCUT2D eigenvalue weighted by Gasteiger charge is 2.15. The molecule has 0 spiro atoms. The first kappa shape index (κ1) is 15.8. The molecule has 5 nitrogen and oxygen atoms in total. The van der Waals surface area contributed by atoms with Crippen LogP contribution >= 0.6 is 0 Å². The van der Waals surface area contributed by atoms with Gasteiger partial charge < -0.3 is 16.0 Å². The third-order valence-corrected chi connectivity index (χ3v) is 3.52. The Labute approximate surface area is 117 Å². The van der Waals surface area contributed by atoms with Gasteiger partial charge in [0.15, 0.2) is 0 Å². The second-order valence-corrected chi connectivity index (χ2v) is 5.78. The standard InChI is InChI=1S/C14H29N5/c1-10(2)13-12(15)14(19(6)17-13)16-8-7-9-18(5)11(3)4/h10-11,16H,7-9,15H2,1-6H3. The SMILES string of the molecule is CC(C)c1nn(C)c(NCCCN(C)C(C)C)c1N. The minimum atomic E-state index is 0.355. The molecule has 0 aliphatic carbocycles. The molecular formula is C14H29N5. The van der Waals surface area contributed by atoms with Gasteiger partial charge in [0.2, 0.25) is 0 Å². The molecule has 1 heterocycles. The molecule has 5 heteroatoms. The Balaban J connectivity index is 2.50. The van der Waals surface area contributed by atoms with E-state index in [4.69, 9.17) is 5.73 Å². The fourth-order valence-electron chi connectivity index (χ4n) is 1.99. The molecule has 0 unspecified atom stereocenters. The van der Waals surface area contributed by atoms with Gasteiger partial charge in [-0.2, -0.15) is 5.10 Å². The van der Waals surface area contributed by atoms with Gasteiger partial charge in [0, 0.05) is 19.6 Å². The molecule has 19 heavy (non-hydrogen) atoms. The van der Waals surface area contributed by atoms with E-state index in [9.17, 15) is 0 Å². The normalized spacial score (nSPS) is 11.8. The summed E-state index contributed by atoms with van der Waals surface area (Å²) in [6, 6.07) is 0.592. The van der Waals surface area contributed by atoms with Crippen LogP contribution in [0.2, 0.25) is 0 Å². The van der Waals surface area contributed by atoms with Crippen molar-refractivity contribution >= 4 is 11.5 Å². The molecule has 0 saturated carbocycles. The van der Waals surface area contributed by atoms with Crippen molar-refractivity contribution < 1.29 is 0 Å². The van der Waals surface area contributed by atoms with Gasteiger partial charge in [-0.25, -0.2) is 0 Å². The van der Waals surface area contributed by atoms with Crippen molar-refractivity contribution in [1.82, 2.24) is 14.7 Å². The van der Waals surface area contributed by atoms with Crippen LogP contribution in [0.25, 0.3) is 0 Å². The first-order chi connectivity index (χ1) is 8.84. The van der Waals surface area contributed by atoms with Crippen molar-refractivity contribution in [3.05, 3.63) is 5.69 Å². The molecule has 0 aromatic carbocycles. The minimum absolute atomic E-state index is 0.355. The van der Waals surface area contributed by atoms with Gasteiger partial charge in [-0.3, -0.25) is 4.68 Å². The summed E-state index contributed by atoms with van der Waals surface area (Å²) in [5.41, 5.74) is 7.90. The van der Waals surface area contributed by atoms with Crippen LogP contribution in [0.4, 0.5) is 11.5 Å². The number of nitrogens with one attached hydrogen (secondary N) is 1. The van der Waals surface area contributed by atoms with Crippen LogP contribution in [0.5, 0.6) is 0 Å². The topological polar surface area (TPSA) is 59.1 Å². The fraction of sp³-hybridized carbons (Fsp3) is 0.786. The zero-order chi connectivity index (χ0) is 14.6. The van der Waals surface area contributed by atoms with Crippen LogP contribution in [0.3, 0.4) is 0 Å². The quantitative estimate of drug-likeness (QED) is 0.744.